The smallest absolute Gasteiger partial charge is 0.186 e. The van der Waals surface area contributed by atoms with Crippen LogP contribution in [0.15, 0.2) is 30.4 Å². The third-order valence-corrected chi connectivity index (χ3v) is 10.4. The van der Waals surface area contributed by atoms with Gasteiger partial charge in [-0.3, -0.25) is 4.79 Å². The maximum atomic E-state index is 13.2. The van der Waals surface area contributed by atoms with Crippen molar-refractivity contribution in [1.82, 2.24) is 0 Å². The first-order valence-electron chi connectivity index (χ1n) is 12.7. The molecular weight excluding hydrogens is 432 g/mol. The van der Waals surface area contributed by atoms with Gasteiger partial charge >= 0.3 is 0 Å². The molecule has 34 heavy (non-hydrogen) atoms. The summed E-state index contributed by atoms with van der Waals surface area (Å²) in [5, 5.41) is 31.6. The third-order valence-electron chi connectivity index (χ3n) is 10.4. The molecule has 2 saturated heterocycles. The molecule has 1 saturated carbocycles. The van der Waals surface area contributed by atoms with E-state index in [2.05, 4.69) is 25.1 Å². The van der Waals surface area contributed by atoms with Crippen molar-refractivity contribution in [3.8, 4) is 0 Å². The number of ether oxygens (including phenoxy) is 2. The van der Waals surface area contributed by atoms with Crippen molar-refractivity contribution in [1.29, 1.82) is 0 Å². The fourth-order valence-electron chi connectivity index (χ4n) is 7.67. The number of aliphatic hydroxyl groups excluding tert-OH is 1. The van der Waals surface area contributed by atoms with E-state index in [4.69, 9.17) is 9.47 Å². The average Bonchev–Trinajstić information content (AvgIpc) is 3.50. The van der Waals surface area contributed by atoms with Gasteiger partial charge in [-0.05, 0) is 81.1 Å². The minimum Gasteiger partial charge on any atom is -0.387 e. The van der Waals surface area contributed by atoms with Crippen LogP contribution in [-0.4, -0.2) is 56.4 Å². The molecule has 0 bridgehead atoms. The SMILES string of the molecule is C[C@@H](c1ccc2c(c1)CC[C@H]1[C@H]2C[C@@H]2O[C@@]23CC=CC(=O)[C@]13C)[C@H]1C[C@](C)(O)[C@@](C)(O)[C@@H](O)O1. The maximum Gasteiger partial charge on any atom is 0.186 e. The number of epoxide rings is 1. The van der Waals surface area contributed by atoms with Crippen molar-refractivity contribution < 1.29 is 29.6 Å². The summed E-state index contributed by atoms with van der Waals surface area (Å²) in [6.07, 6.45) is 6.00. The molecule has 6 nitrogen and oxygen atoms in total. The van der Waals surface area contributed by atoms with Crippen molar-refractivity contribution in [3.05, 3.63) is 47.0 Å². The topological polar surface area (TPSA) is 99.5 Å². The molecule has 6 rings (SSSR count). The summed E-state index contributed by atoms with van der Waals surface area (Å²) < 4.78 is 12.1. The third kappa shape index (κ3) is 2.78. The van der Waals surface area contributed by atoms with E-state index >= 15 is 0 Å². The summed E-state index contributed by atoms with van der Waals surface area (Å²) in [6, 6.07) is 6.59. The first-order chi connectivity index (χ1) is 15.9. The van der Waals surface area contributed by atoms with Crippen LogP contribution >= 0.6 is 0 Å². The lowest BCUT2D eigenvalue weighted by molar-refractivity contribution is -0.321. The molecule has 1 aromatic carbocycles. The van der Waals surface area contributed by atoms with Crippen LogP contribution in [0.3, 0.4) is 0 Å². The minimum absolute atomic E-state index is 0.0615. The van der Waals surface area contributed by atoms with Crippen LogP contribution in [0.5, 0.6) is 0 Å². The molecule has 3 fully saturated rings. The molecule has 6 heteroatoms. The second-order valence-electron chi connectivity index (χ2n) is 12.1. The number of carbonyl (C=O) groups excluding carboxylic acids is 1. The quantitative estimate of drug-likeness (QED) is 0.577. The lowest BCUT2D eigenvalue weighted by Crippen LogP contribution is -2.64. The number of hydrogen-bond acceptors (Lipinski definition) is 6. The molecule has 1 spiro atoms. The molecule has 0 radical (unpaired) electrons. The van der Waals surface area contributed by atoms with Gasteiger partial charge in [-0.1, -0.05) is 31.2 Å². The van der Waals surface area contributed by atoms with E-state index < -0.39 is 29.0 Å². The highest BCUT2D eigenvalue weighted by atomic mass is 16.6. The van der Waals surface area contributed by atoms with E-state index in [0.717, 1.165) is 31.2 Å². The maximum absolute atomic E-state index is 13.2. The predicted octanol–water partition coefficient (Wildman–Crippen LogP) is 3.12. The zero-order valence-electron chi connectivity index (χ0n) is 20.5. The Morgan fingerprint density at radius 3 is 2.68 bits per heavy atom. The molecule has 0 amide bonds. The molecule has 3 N–H and O–H groups in total. The monoisotopic (exact) mass is 468 g/mol. The zero-order valence-corrected chi connectivity index (χ0v) is 20.5. The van der Waals surface area contributed by atoms with E-state index in [-0.39, 0.29) is 35.7 Å². The van der Waals surface area contributed by atoms with Gasteiger partial charge in [0.25, 0.3) is 0 Å². The number of allylic oxidation sites excluding steroid dienone is 1. The van der Waals surface area contributed by atoms with Crippen LogP contribution in [0, 0.1) is 11.3 Å². The summed E-state index contributed by atoms with van der Waals surface area (Å²) in [7, 11) is 0. The van der Waals surface area contributed by atoms with Gasteiger partial charge in [-0.15, -0.1) is 0 Å². The average molecular weight is 469 g/mol. The van der Waals surface area contributed by atoms with Crippen molar-refractivity contribution in [2.45, 2.75) is 107 Å². The van der Waals surface area contributed by atoms with Crippen molar-refractivity contribution in [3.63, 3.8) is 0 Å². The van der Waals surface area contributed by atoms with E-state index in [0.29, 0.717) is 5.92 Å². The first kappa shape index (κ1) is 22.9. The number of aliphatic hydroxyl groups is 3. The zero-order chi connectivity index (χ0) is 24.3. The molecule has 3 aliphatic carbocycles. The highest BCUT2D eigenvalue weighted by Crippen LogP contribution is 2.69. The number of hydrogen-bond donors (Lipinski definition) is 3. The largest absolute Gasteiger partial charge is 0.387 e. The van der Waals surface area contributed by atoms with Gasteiger partial charge in [-0.25, -0.2) is 0 Å². The van der Waals surface area contributed by atoms with Gasteiger partial charge in [-0.2, -0.15) is 0 Å². The molecule has 2 heterocycles. The Bertz CT molecular complexity index is 1070. The van der Waals surface area contributed by atoms with Gasteiger partial charge < -0.3 is 24.8 Å². The highest BCUT2D eigenvalue weighted by molar-refractivity contribution is 5.98. The van der Waals surface area contributed by atoms with Gasteiger partial charge in [0.15, 0.2) is 12.1 Å². The van der Waals surface area contributed by atoms with Crippen LogP contribution in [0.1, 0.15) is 81.9 Å². The predicted molar refractivity (Wildman–Crippen MR) is 125 cm³/mol. The van der Waals surface area contributed by atoms with Gasteiger partial charge in [0, 0.05) is 12.3 Å². The Labute approximate surface area is 201 Å². The molecule has 1 aromatic rings. The Morgan fingerprint density at radius 2 is 1.94 bits per heavy atom. The summed E-state index contributed by atoms with van der Waals surface area (Å²) >= 11 is 0. The number of carbonyl (C=O) groups is 1. The fourth-order valence-corrected chi connectivity index (χ4v) is 7.67. The first-order valence-corrected chi connectivity index (χ1v) is 12.7. The minimum atomic E-state index is -1.73. The van der Waals surface area contributed by atoms with Crippen LogP contribution in [0.25, 0.3) is 0 Å². The van der Waals surface area contributed by atoms with Crippen molar-refractivity contribution >= 4 is 5.78 Å². The van der Waals surface area contributed by atoms with E-state index in [1.807, 2.05) is 13.0 Å². The van der Waals surface area contributed by atoms with Crippen molar-refractivity contribution in [2.75, 3.05) is 0 Å². The Morgan fingerprint density at radius 1 is 1.18 bits per heavy atom. The second-order valence-corrected chi connectivity index (χ2v) is 12.1. The van der Waals surface area contributed by atoms with Gasteiger partial charge in [0.05, 0.1) is 23.2 Å². The summed E-state index contributed by atoms with van der Waals surface area (Å²) in [5.74, 6) is 0.764. The second kappa shape index (κ2) is 7.01. The van der Waals surface area contributed by atoms with Crippen molar-refractivity contribution in [2.24, 2.45) is 11.3 Å². The number of ketones is 1. The number of aryl methyl sites for hydroxylation is 1. The highest BCUT2D eigenvalue weighted by Gasteiger charge is 2.75. The van der Waals surface area contributed by atoms with Crippen LogP contribution in [0.2, 0.25) is 0 Å². The number of fused-ring (bicyclic) bond motifs is 4. The lowest BCUT2D eigenvalue weighted by Gasteiger charge is -2.51. The van der Waals surface area contributed by atoms with E-state index in [1.165, 1.54) is 18.1 Å². The lowest BCUT2D eigenvalue weighted by atomic mass is 9.49. The molecule has 0 unspecified atom stereocenters. The molecule has 5 aliphatic rings. The van der Waals surface area contributed by atoms with Crippen LogP contribution in [-0.2, 0) is 20.7 Å². The van der Waals surface area contributed by atoms with Crippen LogP contribution < -0.4 is 0 Å². The van der Waals surface area contributed by atoms with E-state index in [9.17, 15) is 20.1 Å². The number of rotatable bonds is 2. The molecular formula is C28H36O6. The van der Waals surface area contributed by atoms with Gasteiger partial charge in [0.2, 0.25) is 0 Å². The standard InChI is InChI=1S/C28H36O6/c1-15(21-14-25(2,31)27(4,32)24(30)33-21)16-7-9-18-17(12-16)8-10-20-19(18)13-23-28(34-23)11-5-6-22(29)26(20,28)3/h5-7,9,12,15,19-21,23-24,30-32H,8,10-11,13-14H2,1-4H3/t15-,19-,20-,21+,23-,24-,25-,26-,27-,28-/m0/s1. The molecule has 0 aromatic heterocycles. The summed E-state index contributed by atoms with van der Waals surface area (Å²) in [6.45, 7) is 7.14. The summed E-state index contributed by atoms with van der Waals surface area (Å²) in [5.41, 5.74) is -0.174. The Hall–Kier alpha value is -1.57. The molecule has 10 atom stereocenters. The number of benzene rings is 1. The molecule has 2 aliphatic heterocycles. The van der Waals surface area contributed by atoms with Crippen LogP contribution in [0.4, 0.5) is 0 Å². The fraction of sp³-hybridized carbons (Fsp3) is 0.679. The van der Waals surface area contributed by atoms with E-state index in [1.54, 1.807) is 13.0 Å². The molecule has 184 valence electrons. The normalized spacial score (nSPS) is 50.0. The Kier molecular flexibility index (Phi) is 4.72. The van der Waals surface area contributed by atoms with Gasteiger partial charge in [0.1, 0.15) is 11.2 Å². The Balaban J connectivity index is 1.28. The summed E-state index contributed by atoms with van der Waals surface area (Å²) in [4.78, 5) is 13.2.